The Bertz CT molecular complexity index is 851. The van der Waals surface area contributed by atoms with Crippen molar-refractivity contribution in [2.45, 2.75) is 23.1 Å². The van der Waals surface area contributed by atoms with Crippen LogP contribution in [0.1, 0.15) is 12.5 Å². The first-order valence-corrected chi connectivity index (χ1v) is 10.3. The molecule has 1 aromatic rings. The second-order valence-corrected chi connectivity index (χ2v) is 8.76. The Labute approximate surface area is 128 Å². The minimum absolute atomic E-state index is 0.232. The van der Waals surface area contributed by atoms with Crippen molar-refractivity contribution in [2.24, 2.45) is 0 Å². The molecule has 1 aromatic carbocycles. The molecule has 22 heavy (non-hydrogen) atoms. The fraction of sp³-hybridized carbons (Fsp3) is 0.400. The zero-order valence-electron chi connectivity index (χ0n) is 11.3. The number of hydrogen-bond donors (Lipinski definition) is 2. The van der Waals surface area contributed by atoms with Crippen molar-refractivity contribution >= 4 is 30.4 Å². The van der Waals surface area contributed by atoms with E-state index in [1.54, 1.807) is 6.92 Å². The molecule has 0 aromatic heterocycles. The Morgan fingerprint density at radius 3 is 2.09 bits per heavy atom. The van der Waals surface area contributed by atoms with Gasteiger partial charge in [-0.25, -0.2) is 12.6 Å². The molecule has 0 fully saturated rings. The van der Waals surface area contributed by atoms with Gasteiger partial charge in [-0.3, -0.25) is 9.11 Å². The molecule has 1 rings (SSSR count). The molecule has 0 aliphatic heterocycles. The van der Waals surface area contributed by atoms with Crippen molar-refractivity contribution in [3.63, 3.8) is 0 Å². The largest absolute Gasteiger partial charge is 0.397 e. The van der Waals surface area contributed by atoms with Gasteiger partial charge in [0, 0.05) is 0 Å². The maximum absolute atomic E-state index is 12.0. The molecule has 0 unspecified atom stereocenters. The third kappa shape index (κ3) is 5.30. The van der Waals surface area contributed by atoms with Crippen molar-refractivity contribution < 1.29 is 38.5 Å². The smallest absolute Gasteiger partial charge is 0.282 e. The van der Waals surface area contributed by atoms with E-state index >= 15 is 0 Å². The van der Waals surface area contributed by atoms with Crippen LogP contribution in [-0.2, 0) is 41.0 Å². The molecule has 0 aliphatic carbocycles. The summed E-state index contributed by atoms with van der Waals surface area (Å²) in [7, 11) is -13.4. The van der Waals surface area contributed by atoms with E-state index in [1.165, 1.54) is 6.07 Å². The molecule has 0 amide bonds. The monoisotopic (exact) mass is 374 g/mol. The summed E-state index contributed by atoms with van der Waals surface area (Å²) >= 11 is 0. The van der Waals surface area contributed by atoms with Crippen LogP contribution in [0.3, 0.4) is 0 Å². The van der Waals surface area contributed by atoms with Gasteiger partial charge in [0.2, 0.25) is 0 Å². The van der Waals surface area contributed by atoms with Crippen LogP contribution >= 0.6 is 0 Å². The first-order valence-electron chi connectivity index (χ1n) is 5.82. The lowest BCUT2D eigenvalue weighted by Gasteiger charge is -2.09. The quantitative estimate of drug-likeness (QED) is 0.632. The van der Waals surface area contributed by atoms with Crippen molar-refractivity contribution in [1.29, 1.82) is 0 Å². The highest BCUT2D eigenvalue weighted by atomic mass is 32.3. The predicted molar refractivity (Wildman–Crippen MR) is 75.2 cm³/mol. The SMILES string of the molecule is CCc1ccc(S(=O)(=O)CCOS(=O)(=O)O)cc1S(=O)(=O)O. The van der Waals surface area contributed by atoms with Gasteiger partial charge in [0.1, 0.15) is 0 Å². The van der Waals surface area contributed by atoms with Crippen LogP contribution in [0.2, 0.25) is 0 Å². The fourth-order valence-electron chi connectivity index (χ4n) is 1.63. The first-order chi connectivity index (χ1) is 9.87. The molecule has 0 spiro atoms. The lowest BCUT2D eigenvalue weighted by molar-refractivity contribution is 0.284. The molecule has 0 saturated heterocycles. The molecule has 0 atom stereocenters. The second-order valence-electron chi connectivity index (χ2n) is 4.17. The van der Waals surface area contributed by atoms with Gasteiger partial charge in [-0.2, -0.15) is 16.8 Å². The number of rotatable bonds is 7. The lowest BCUT2D eigenvalue weighted by Crippen LogP contribution is -2.16. The summed E-state index contributed by atoms with van der Waals surface area (Å²) in [5.74, 6) is -0.802. The van der Waals surface area contributed by atoms with Crippen LogP contribution in [0.15, 0.2) is 28.0 Å². The zero-order chi connectivity index (χ0) is 17.2. The van der Waals surface area contributed by atoms with Gasteiger partial charge < -0.3 is 0 Å². The molecular formula is C10H14O9S3. The van der Waals surface area contributed by atoms with Crippen LogP contribution in [0.4, 0.5) is 0 Å². The van der Waals surface area contributed by atoms with Crippen molar-refractivity contribution in [3.05, 3.63) is 23.8 Å². The lowest BCUT2D eigenvalue weighted by atomic mass is 10.2. The second kappa shape index (κ2) is 6.60. The van der Waals surface area contributed by atoms with Crippen molar-refractivity contribution in [2.75, 3.05) is 12.4 Å². The topological polar surface area (TPSA) is 152 Å². The van der Waals surface area contributed by atoms with Crippen LogP contribution in [0, 0.1) is 0 Å². The van der Waals surface area contributed by atoms with Gasteiger partial charge >= 0.3 is 10.4 Å². The molecule has 0 bridgehead atoms. The third-order valence-electron chi connectivity index (χ3n) is 2.64. The normalized spacial score (nSPS) is 13.2. The van der Waals surface area contributed by atoms with Gasteiger partial charge in [-0.05, 0) is 24.1 Å². The minimum Gasteiger partial charge on any atom is -0.282 e. The summed E-state index contributed by atoms with van der Waals surface area (Å²) in [6.07, 6.45) is 0.251. The average Bonchev–Trinajstić information content (AvgIpc) is 2.35. The standard InChI is InChI=1S/C10H14O9S3/c1-2-8-3-4-9(7-10(8)21(13,14)15)20(11,12)6-5-19-22(16,17)18/h3-4,7H,2,5-6H2,1H3,(H,13,14,15)(H,16,17,18). The summed E-state index contributed by atoms with van der Waals surface area (Å²) in [4.78, 5) is -0.956. The van der Waals surface area contributed by atoms with Crippen molar-refractivity contribution in [1.82, 2.24) is 0 Å². The van der Waals surface area contributed by atoms with E-state index in [-0.39, 0.29) is 12.0 Å². The maximum Gasteiger partial charge on any atom is 0.397 e. The van der Waals surface area contributed by atoms with Gasteiger partial charge in [-0.15, -0.1) is 0 Å². The molecule has 0 heterocycles. The Kier molecular flexibility index (Phi) is 5.70. The summed E-state index contributed by atoms with van der Waals surface area (Å²) < 4.78 is 88.5. The first kappa shape index (κ1) is 19.0. The maximum atomic E-state index is 12.0. The number of benzene rings is 1. The summed E-state index contributed by atoms with van der Waals surface area (Å²) in [6, 6.07) is 3.16. The van der Waals surface area contributed by atoms with E-state index < -0.39 is 52.5 Å². The Morgan fingerprint density at radius 1 is 1.05 bits per heavy atom. The van der Waals surface area contributed by atoms with Gasteiger partial charge in [-0.1, -0.05) is 13.0 Å². The number of sulfone groups is 1. The van der Waals surface area contributed by atoms with Crippen LogP contribution in [-0.4, -0.2) is 46.7 Å². The van der Waals surface area contributed by atoms with E-state index in [2.05, 4.69) is 4.18 Å². The van der Waals surface area contributed by atoms with E-state index in [1.807, 2.05) is 0 Å². The van der Waals surface area contributed by atoms with Gasteiger partial charge in [0.05, 0.1) is 22.2 Å². The molecule has 0 saturated carbocycles. The Morgan fingerprint density at radius 2 is 1.64 bits per heavy atom. The van der Waals surface area contributed by atoms with Crippen molar-refractivity contribution in [3.8, 4) is 0 Å². The molecular weight excluding hydrogens is 360 g/mol. The number of aryl methyl sites for hydroxylation is 1. The summed E-state index contributed by atoms with van der Waals surface area (Å²) in [5, 5.41) is 0. The predicted octanol–water partition coefficient (Wildman–Crippen LogP) is 0.0888. The van der Waals surface area contributed by atoms with E-state index in [0.29, 0.717) is 0 Å². The highest BCUT2D eigenvalue weighted by molar-refractivity contribution is 7.91. The van der Waals surface area contributed by atoms with Gasteiger partial charge in [0.15, 0.2) is 9.84 Å². The Hall–Kier alpha value is -1.05. The summed E-state index contributed by atoms with van der Waals surface area (Å²) in [5.41, 5.74) is 0.232. The Balaban J connectivity index is 3.16. The van der Waals surface area contributed by atoms with Gasteiger partial charge in [0.25, 0.3) is 10.1 Å². The molecule has 9 nitrogen and oxygen atoms in total. The molecule has 0 radical (unpaired) electrons. The number of hydrogen-bond acceptors (Lipinski definition) is 7. The van der Waals surface area contributed by atoms with Crippen LogP contribution < -0.4 is 0 Å². The van der Waals surface area contributed by atoms with Crippen LogP contribution in [0.5, 0.6) is 0 Å². The molecule has 0 aliphatic rings. The molecule has 12 heteroatoms. The highest BCUT2D eigenvalue weighted by Crippen LogP contribution is 2.22. The molecule has 126 valence electrons. The molecule has 2 N–H and O–H groups in total. The summed E-state index contributed by atoms with van der Waals surface area (Å²) in [6.45, 7) is 0.788. The van der Waals surface area contributed by atoms with E-state index in [9.17, 15) is 25.3 Å². The third-order valence-corrected chi connectivity index (χ3v) is 5.72. The minimum atomic E-state index is -4.77. The zero-order valence-corrected chi connectivity index (χ0v) is 13.8. The average molecular weight is 374 g/mol. The fourth-order valence-corrected chi connectivity index (χ4v) is 4.03. The highest BCUT2D eigenvalue weighted by Gasteiger charge is 2.21. The van der Waals surface area contributed by atoms with Crippen LogP contribution in [0.25, 0.3) is 0 Å². The van der Waals surface area contributed by atoms with E-state index in [0.717, 1.165) is 12.1 Å². The van der Waals surface area contributed by atoms with E-state index in [4.69, 9.17) is 9.11 Å².